The van der Waals surface area contributed by atoms with Crippen LogP contribution in [0.5, 0.6) is 0 Å². The number of amidine groups is 1. The maximum atomic E-state index is 14.5. The summed E-state index contributed by atoms with van der Waals surface area (Å²) in [4.78, 5) is 11.6. The Kier molecular flexibility index (Phi) is 7.42. The number of aliphatic imine (C=N–C) groups is 1. The van der Waals surface area contributed by atoms with Crippen molar-refractivity contribution in [1.82, 2.24) is 9.97 Å². The molecular formula is C20H16F5N5OS. The monoisotopic (exact) mass is 469 g/mol. The number of thioether (sulfide) groups is 1. The number of hydrogen-bond donors (Lipinski definition) is 1. The number of aromatic nitrogens is 2. The summed E-state index contributed by atoms with van der Waals surface area (Å²) in [6.45, 7) is -0.556. The molecule has 6 nitrogen and oxygen atoms in total. The molecule has 0 saturated carbocycles. The zero-order chi connectivity index (χ0) is 23.3. The van der Waals surface area contributed by atoms with Gasteiger partial charge in [0.25, 0.3) is 0 Å². The summed E-state index contributed by atoms with van der Waals surface area (Å²) in [7, 11) is 0. The van der Waals surface area contributed by atoms with E-state index in [-0.39, 0.29) is 39.9 Å². The van der Waals surface area contributed by atoms with Gasteiger partial charge in [0.2, 0.25) is 0 Å². The third-order valence-corrected chi connectivity index (χ3v) is 5.26. The van der Waals surface area contributed by atoms with E-state index < -0.39 is 36.6 Å². The molecule has 0 radical (unpaired) electrons. The minimum Gasteiger partial charge on any atom is -0.379 e. The van der Waals surface area contributed by atoms with Gasteiger partial charge in [-0.1, -0.05) is 17.8 Å². The molecule has 0 saturated heterocycles. The van der Waals surface area contributed by atoms with E-state index in [1.54, 1.807) is 6.07 Å². The quantitative estimate of drug-likeness (QED) is 0.670. The highest BCUT2D eigenvalue weighted by Gasteiger charge is 2.41. The summed E-state index contributed by atoms with van der Waals surface area (Å²) in [6, 6.07) is 4.19. The van der Waals surface area contributed by atoms with Gasteiger partial charge in [0.15, 0.2) is 22.8 Å². The molecule has 0 amide bonds. The van der Waals surface area contributed by atoms with Crippen LogP contribution in [0.3, 0.4) is 0 Å². The van der Waals surface area contributed by atoms with Crippen molar-refractivity contribution in [3.63, 3.8) is 0 Å². The molecule has 0 fully saturated rings. The zero-order valence-electron chi connectivity index (χ0n) is 16.3. The topological polar surface area (TPSA) is 97.2 Å². The van der Waals surface area contributed by atoms with E-state index in [0.717, 1.165) is 36.3 Å². The maximum Gasteiger partial charge on any atom is 0.414 e. The lowest BCUT2D eigenvalue weighted by Gasteiger charge is -2.22. The maximum absolute atomic E-state index is 14.5. The van der Waals surface area contributed by atoms with Crippen LogP contribution in [0.15, 0.2) is 35.6 Å². The van der Waals surface area contributed by atoms with Crippen molar-refractivity contribution in [2.24, 2.45) is 10.7 Å². The minimum absolute atomic E-state index is 0.000747. The summed E-state index contributed by atoms with van der Waals surface area (Å²) in [5, 5.41) is 8.73. The van der Waals surface area contributed by atoms with Crippen LogP contribution in [-0.4, -0.2) is 39.8 Å². The van der Waals surface area contributed by atoms with Gasteiger partial charge in [-0.15, -0.1) is 0 Å². The molecule has 168 valence electrons. The summed E-state index contributed by atoms with van der Waals surface area (Å²) in [5.41, 5.74) is 5.75. The molecule has 2 atom stereocenters. The van der Waals surface area contributed by atoms with Crippen molar-refractivity contribution >= 4 is 28.8 Å². The van der Waals surface area contributed by atoms with Crippen molar-refractivity contribution in [2.75, 3.05) is 12.4 Å². The van der Waals surface area contributed by atoms with Crippen LogP contribution in [0.2, 0.25) is 0 Å². The lowest BCUT2D eigenvalue weighted by atomic mass is 10.0. The largest absolute Gasteiger partial charge is 0.414 e. The van der Waals surface area contributed by atoms with Gasteiger partial charge in [-0.2, -0.15) is 18.4 Å². The van der Waals surface area contributed by atoms with E-state index in [1.807, 2.05) is 0 Å². The van der Waals surface area contributed by atoms with Crippen LogP contribution < -0.4 is 5.73 Å². The molecule has 3 rings (SSSR count). The number of hydrogen-bond acceptors (Lipinski definition) is 7. The van der Waals surface area contributed by atoms with Gasteiger partial charge in [0, 0.05) is 11.3 Å². The molecule has 1 aromatic heterocycles. The zero-order valence-corrected chi connectivity index (χ0v) is 17.1. The summed E-state index contributed by atoms with van der Waals surface area (Å²) in [6.07, 6.45) is -3.72. The highest BCUT2D eigenvalue weighted by atomic mass is 32.2. The SMILES string of the molecule is N#Cc1cnc(/C(F)=C/c2ccc(F)c([C@H]3CO[C@@H](C(F)(F)F)CCSC(N)=N3)c2)cn1. The number of benzene rings is 1. The van der Waals surface area contributed by atoms with Gasteiger partial charge < -0.3 is 10.5 Å². The van der Waals surface area contributed by atoms with Gasteiger partial charge in [0.1, 0.15) is 23.6 Å². The Balaban J connectivity index is 1.91. The van der Waals surface area contributed by atoms with Gasteiger partial charge in [-0.25, -0.2) is 18.7 Å². The molecule has 2 N–H and O–H groups in total. The first-order valence-corrected chi connectivity index (χ1v) is 10.2. The Bertz CT molecular complexity index is 1070. The van der Waals surface area contributed by atoms with Gasteiger partial charge >= 0.3 is 6.18 Å². The number of nitrogens with zero attached hydrogens (tertiary/aromatic N) is 4. The first kappa shape index (κ1) is 23.6. The molecule has 0 aliphatic carbocycles. The number of ether oxygens (including phenoxy) is 1. The molecule has 1 aliphatic heterocycles. The second kappa shape index (κ2) is 10.1. The van der Waals surface area contributed by atoms with E-state index in [1.165, 1.54) is 12.1 Å². The fraction of sp³-hybridized carbons (Fsp3) is 0.300. The van der Waals surface area contributed by atoms with Crippen LogP contribution in [-0.2, 0) is 4.74 Å². The molecule has 0 unspecified atom stereocenters. The second-order valence-electron chi connectivity index (χ2n) is 6.66. The fourth-order valence-corrected chi connectivity index (χ4v) is 3.59. The molecule has 0 spiro atoms. The van der Waals surface area contributed by atoms with Crippen LogP contribution in [0.1, 0.15) is 35.0 Å². The van der Waals surface area contributed by atoms with Gasteiger partial charge in [0.05, 0.1) is 19.0 Å². The normalized spacial score (nSPS) is 20.5. The number of rotatable bonds is 3. The Labute approximate surface area is 184 Å². The average molecular weight is 469 g/mol. The average Bonchev–Trinajstić information content (AvgIpc) is 2.85. The summed E-state index contributed by atoms with van der Waals surface area (Å²) < 4.78 is 73.5. The van der Waals surface area contributed by atoms with E-state index >= 15 is 0 Å². The fourth-order valence-electron chi connectivity index (χ4n) is 2.84. The van der Waals surface area contributed by atoms with Gasteiger partial charge in [-0.3, -0.25) is 4.99 Å². The molecule has 2 aromatic rings. The highest BCUT2D eigenvalue weighted by molar-refractivity contribution is 8.13. The second-order valence-corrected chi connectivity index (χ2v) is 7.77. The first-order valence-electron chi connectivity index (χ1n) is 9.21. The molecule has 1 aromatic carbocycles. The third kappa shape index (κ3) is 6.02. The predicted molar refractivity (Wildman–Crippen MR) is 109 cm³/mol. The number of halogens is 5. The number of nitrogens with two attached hydrogens (primary N) is 1. The van der Waals surface area contributed by atoms with Crippen molar-refractivity contribution < 1.29 is 26.7 Å². The number of alkyl halides is 3. The highest BCUT2D eigenvalue weighted by Crippen LogP contribution is 2.32. The Morgan fingerprint density at radius 3 is 2.72 bits per heavy atom. The van der Waals surface area contributed by atoms with Crippen molar-refractivity contribution in [3.05, 3.63) is 58.9 Å². The molecular weight excluding hydrogens is 453 g/mol. The molecule has 1 aliphatic rings. The van der Waals surface area contributed by atoms with Crippen LogP contribution in [0.4, 0.5) is 22.0 Å². The van der Waals surface area contributed by atoms with E-state index in [9.17, 15) is 22.0 Å². The minimum atomic E-state index is -4.58. The Hall–Kier alpha value is -3.04. The Morgan fingerprint density at radius 1 is 1.28 bits per heavy atom. The lowest BCUT2D eigenvalue weighted by molar-refractivity contribution is -0.221. The smallest absolute Gasteiger partial charge is 0.379 e. The van der Waals surface area contributed by atoms with E-state index in [2.05, 4.69) is 15.0 Å². The van der Waals surface area contributed by atoms with Crippen molar-refractivity contribution in [1.29, 1.82) is 5.26 Å². The lowest BCUT2D eigenvalue weighted by Crippen LogP contribution is -2.33. The van der Waals surface area contributed by atoms with E-state index in [4.69, 9.17) is 15.7 Å². The van der Waals surface area contributed by atoms with Crippen LogP contribution in [0.25, 0.3) is 11.9 Å². The van der Waals surface area contributed by atoms with Crippen molar-refractivity contribution in [2.45, 2.75) is 24.7 Å². The van der Waals surface area contributed by atoms with Gasteiger partial charge in [-0.05, 0) is 30.2 Å². The molecule has 2 heterocycles. The van der Waals surface area contributed by atoms with E-state index in [0.29, 0.717) is 0 Å². The Morgan fingerprint density at radius 2 is 2.06 bits per heavy atom. The van der Waals surface area contributed by atoms with Crippen LogP contribution >= 0.6 is 11.8 Å². The summed E-state index contributed by atoms with van der Waals surface area (Å²) in [5.74, 6) is -1.52. The summed E-state index contributed by atoms with van der Waals surface area (Å²) >= 11 is 0.920. The molecule has 0 bridgehead atoms. The standard InChI is InChI=1S/C20H16F5N5OS/c21-14-2-1-11(6-15(22)16-9-28-12(7-26)8-29-16)5-13(14)17-10-31-18(20(23,24)25)3-4-32-19(27)30-17/h1-2,5-6,8-9,17-18H,3-4,10H2,(H2,27,30)/b15-6-/t17-,18-/m1/s1. The van der Waals surface area contributed by atoms with Crippen LogP contribution in [0, 0.1) is 17.1 Å². The van der Waals surface area contributed by atoms with Crippen molar-refractivity contribution in [3.8, 4) is 6.07 Å². The molecule has 32 heavy (non-hydrogen) atoms. The predicted octanol–water partition coefficient (Wildman–Crippen LogP) is 4.40. The third-order valence-electron chi connectivity index (χ3n) is 4.42. The molecule has 12 heteroatoms. The first-order chi connectivity index (χ1) is 15.2. The number of nitriles is 1.